The smallest absolute Gasteiger partial charge is 0.306 e. The molecule has 0 aromatic carbocycles. The fourth-order valence-corrected chi connectivity index (χ4v) is 8.76. The monoisotopic (exact) mass is 1070 g/mol. The van der Waals surface area contributed by atoms with E-state index in [0.717, 1.165) is 103 Å². The first kappa shape index (κ1) is 72.8. The van der Waals surface area contributed by atoms with Crippen molar-refractivity contribution in [2.75, 3.05) is 13.2 Å². The van der Waals surface area contributed by atoms with Crippen molar-refractivity contribution in [3.05, 3.63) is 122 Å². The molecule has 6 heteroatoms. The Hall–Kier alpha value is -4.19. The first-order valence-corrected chi connectivity index (χ1v) is 32.0. The minimum Gasteiger partial charge on any atom is -0.462 e. The van der Waals surface area contributed by atoms with E-state index in [0.29, 0.717) is 19.3 Å². The molecule has 0 bridgehead atoms. The van der Waals surface area contributed by atoms with Gasteiger partial charge in [0, 0.05) is 19.3 Å². The summed E-state index contributed by atoms with van der Waals surface area (Å²) in [6.45, 7) is 6.37. The zero-order chi connectivity index (χ0) is 55.7. The third-order valence-electron chi connectivity index (χ3n) is 13.5. The molecular weight excluding hydrogens is 949 g/mol. The number of hydrogen-bond acceptors (Lipinski definition) is 6. The van der Waals surface area contributed by atoms with Crippen LogP contribution in [0.2, 0.25) is 0 Å². The summed E-state index contributed by atoms with van der Waals surface area (Å²) in [5, 5.41) is 0. The standard InChI is InChI=1S/C71H118O6/c1-4-7-10-13-16-19-22-25-28-30-32-33-34-35-36-37-39-40-43-46-49-52-55-58-61-64-70(73)76-67-68(66-75-69(72)63-60-57-54-51-48-45-42-27-24-21-18-15-12-9-6-3)77-71(74)65-62-59-56-53-50-47-44-41-38-31-29-26-23-20-17-14-11-8-5-2/h7-8,10-11,16-17,19-20,25-26,28-29,32-33,38,41,47,50,56,59,68H,4-6,9,12-15,18,21-24,27,30-31,34-37,39-40,42-46,48-49,51-55,57-58,60-67H2,1-3H3/b10-7-,11-8-,19-16-,20-17-,28-25-,29-26-,33-32-,41-38-,50-47-,59-56-. The van der Waals surface area contributed by atoms with Gasteiger partial charge in [-0.15, -0.1) is 0 Å². The predicted octanol–water partition coefficient (Wildman–Crippen LogP) is 22.0. The molecule has 1 atom stereocenters. The van der Waals surface area contributed by atoms with Crippen LogP contribution in [0.15, 0.2) is 122 Å². The van der Waals surface area contributed by atoms with E-state index >= 15 is 0 Å². The number of ether oxygens (including phenoxy) is 3. The van der Waals surface area contributed by atoms with Crippen molar-refractivity contribution in [1.29, 1.82) is 0 Å². The second-order valence-corrected chi connectivity index (χ2v) is 20.9. The van der Waals surface area contributed by atoms with Crippen molar-refractivity contribution in [2.24, 2.45) is 0 Å². The zero-order valence-electron chi connectivity index (χ0n) is 50.2. The highest BCUT2D eigenvalue weighted by Gasteiger charge is 2.19. The number of rotatable bonds is 57. The minimum atomic E-state index is -0.821. The van der Waals surface area contributed by atoms with E-state index < -0.39 is 12.1 Å². The van der Waals surface area contributed by atoms with Crippen molar-refractivity contribution in [2.45, 2.75) is 297 Å². The number of esters is 3. The Morgan fingerprint density at radius 2 is 0.532 bits per heavy atom. The summed E-state index contributed by atoms with van der Waals surface area (Å²) in [4.78, 5) is 38.3. The molecule has 0 amide bonds. The van der Waals surface area contributed by atoms with Gasteiger partial charge in [-0.25, -0.2) is 0 Å². The molecule has 0 heterocycles. The minimum absolute atomic E-state index is 0.108. The highest BCUT2D eigenvalue weighted by atomic mass is 16.6. The Labute approximate surface area is 475 Å². The number of hydrogen-bond donors (Lipinski definition) is 0. The van der Waals surface area contributed by atoms with Gasteiger partial charge in [0.1, 0.15) is 13.2 Å². The van der Waals surface area contributed by atoms with Gasteiger partial charge in [0.2, 0.25) is 0 Å². The molecule has 77 heavy (non-hydrogen) atoms. The molecule has 6 nitrogen and oxygen atoms in total. The third-order valence-corrected chi connectivity index (χ3v) is 13.5. The second-order valence-electron chi connectivity index (χ2n) is 20.9. The average Bonchev–Trinajstić information content (AvgIpc) is 3.43. The van der Waals surface area contributed by atoms with Crippen LogP contribution in [0.1, 0.15) is 290 Å². The fourth-order valence-electron chi connectivity index (χ4n) is 8.76. The Bertz CT molecular complexity index is 1600. The molecule has 0 saturated carbocycles. The highest BCUT2D eigenvalue weighted by molar-refractivity contribution is 5.71. The van der Waals surface area contributed by atoms with Crippen LogP contribution in [0.5, 0.6) is 0 Å². The van der Waals surface area contributed by atoms with Gasteiger partial charge in [-0.05, 0) is 96.3 Å². The lowest BCUT2D eigenvalue weighted by molar-refractivity contribution is -0.166. The quantitative estimate of drug-likeness (QED) is 0.0261. The molecule has 0 aromatic rings. The summed E-state index contributed by atoms with van der Waals surface area (Å²) < 4.78 is 16.9. The van der Waals surface area contributed by atoms with Gasteiger partial charge >= 0.3 is 17.9 Å². The number of carbonyl (C=O) groups excluding carboxylic acids is 3. The van der Waals surface area contributed by atoms with Crippen LogP contribution in [0.4, 0.5) is 0 Å². The summed E-state index contributed by atoms with van der Waals surface area (Å²) in [7, 11) is 0. The van der Waals surface area contributed by atoms with Crippen molar-refractivity contribution in [1.82, 2.24) is 0 Å². The maximum Gasteiger partial charge on any atom is 0.306 e. The lowest BCUT2D eigenvalue weighted by atomic mass is 10.0. The van der Waals surface area contributed by atoms with Crippen LogP contribution in [-0.2, 0) is 28.6 Å². The molecule has 0 spiro atoms. The Kier molecular flexibility index (Phi) is 60.8. The SMILES string of the molecule is CC/C=C\C/C=C\C/C=C\C/C=C\C/C=C\C/C=C\CCC(=O)OC(COC(=O)CCCCCCCCCCCCCC/C=C\C/C=C\C/C=C\C/C=C\CC)COC(=O)CCCCCCCCCCCCCCCCC. The Morgan fingerprint density at radius 3 is 0.844 bits per heavy atom. The predicted molar refractivity (Wildman–Crippen MR) is 334 cm³/mol. The maximum atomic E-state index is 12.9. The van der Waals surface area contributed by atoms with Crippen LogP contribution in [0.3, 0.4) is 0 Å². The van der Waals surface area contributed by atoms with Crippen molar-refractivity contribution in [3.63, 3.8) is 0 Å². The first-order chi connectivity index (χ1) is 38.0. The van der Waals surface area contributed by atoms with E-state index in [1.165, 1.54) is 141 Å². The lowest BCUT2D eigenvalue weighted by Gasteiger charge is -2.18. The van der Waals surface area contributed by atoms with E-state index in [1.807, 2.05) is 6.08 Å². The van der Waals surface area contributed by atoms with Gasteiger partial charge in [-0.3, -0.25) is 14.4 Å². The number of unbranched alkanes of at least 4 members (excludes halogenated alkanes) is 26. The molecule has 0 aliphatic rings. The Balaban J connectivity index is 4.43. The van der Waals surface area contributed by atoms with E-state index in [4.69, 9.17) is 14.2 Å². The van der Waals surface area contributed by atoms with Crippen LogP contribution < -0.4 is 0 Å². The van der Waals surface area contributed by atoms with Crippen molar-refractivity contribution in [3.8, 4) is 0 Å². The highest BCUT2D eigenvalue weighted by Crippen LogP contribution is 2.16. The van der Waals surface area contributed by atoms with E-state index in [1.54, 1.807) is 0 Å². The second kappa shape index (κ2) is 64.3. The summed E-state index contributed by atoms with van der Waals surface area (Å²) >= 11 is 0. The molecule has 0 radical (unpaired) electrons. The molecule has 438 valence electrons. The van der Waals surface area contributed by atoms with Crippen LogP contribution in [0, 0.1) is 0 Å². The van der Waals surface area contributed by atoms with Crippen molar-refractivity contribution >= 4 is 17.9 Å². The molecule has 0 N–H and O–H groups in total. The third kappa shape index (κ3) is 62.5. The van der Waals surface area contributed by atoms with Gasteiger partial charge in [0.25, 0.3) is 0 Å². The summed E-state index contributed by atoms with van der Waals surface area (Å²) in [5.74, 6) is -0.988. The van der Waals surface area contributed by atoms with Crippen LogP contribution >= 0.6 is 0 Å². The molecule has 0 rings (SSSR count). The lowest BCUT2D eigenvalue weighted by Crippen LogP contribution is -2.30. The largest absolute Gasteiger partial charge is 0.462 e. The van der Waals surface area contributed by atoms with Crippen LogP contribution in [0.25, 0.3) is 0 Å². The zero-order valence-corrected chi connectivity index (χ0v) is 50.2. The topological polar surface area (TPSA) is 78.9 Å². The molecule has 0 aromatic heterocycles. The molecule has 0 aliphatic heterocycles. The number of carbonyl (C=O) groups is 3. The van der Waals surface area contributed by atoms with Crippen LogP contribution in [-0.4, -0.2) is 37.2 Å². The normalized spacial score (nSPS) is 12.9. The van der Waals surface area contributed by atoms with Gasteiger partial charge < -0.3 is 14.2 Å². The molecule has 0 aliphatic carbocycles. The molecule has 0 fully saturated rings. The number of allylic oxidation sites excluding steroid dienone is 20. The average molecular weight is 1070 g/mol. The summed E-state index contributed by atoms with van der Waals surface area (Å²) in [5.41, 5.74) is 0. The van der Waals surface area contributed by atoms with E-state index in [2.05, 4.69) is 136 Å². The molecule has 0 saturated heterocycles. The summed E-state index contributed by atoms with van der Waals surface area (Å²) in [6, 6.07) is 0. The van der Waals surface area contributed by atoms with Gasteiger partial charge in [0.05, 0.1) is 0 Å². The molecular formula is C71H118O6. The first-order valence-electron chi connectivity index (χ1n) is 32.0. The van der Waals surface area contributed by atoms with Gasteiger partial charge in [-0.1, -0.05) is 296 Å². The fraction of sp³-hybridized carbons (Fsp3) is 0.676. The van der Waals surface area contributed by atoms with Crippen molar-refractivity contribution < 1.29 is 28.6 Å². The summed E-state index contributed by atoms with van der Waals surface area (Å²) in [6.07, 6.45) is 89.3. The maximum absolute atomic E-state index is 12.9. The molecule has 1 unspecified atom stereocenters. The van der Waals surface area contributed by atoms with E-state index in [-0.39, 0.29) is 31.6 Å². The van der Waals surface area contributed by atoms with Gasteiger partial charge in [0.15, 0.2) is 6.10 Å². The van der Waals surface area contributed by atoms with E-state index in [9.17, 15) is 14.4 Å². The Morgan fingerprint density at radius 1 is 0.273 bits per heavy atom. The van der Waals surface area contributed by atoms with Gasteiger partial charge in [-0.2, -0.15) is 0 Å².